The molecule has 0 unspecified atom stereocenters. The van der Waals surface area contributed by atoms with Crippen LogP contribution in [0.15, 0.2) is 18.9 Å². The van der Waals surface area contributed by atoms with Crippen LogP contribution in [0.3, 0.4) is 0 Å². The number of carbonyl (C=O) groups excluding carboxylic acids is 1. The van der Waals surface area contributed by atoms with E-state index in [1.165, 1.54) is 18.0 Å². The molecule has 5 heteroatoms. The summed E-state index contributed by atoms with van der Waals surface area (Å²) in [5, 5.41) is 7.27. The molecule has 0 aliphatic carbocycles. The van der Waals surface area contributed by atoms with Crippen LogP contribution in [0.2, 0.25) is 0 Å². The minimum Gasteiger partial charge on any atom is -0.464 e. The van der Waals surface area contributed by atoms with Crippen molar-refractivity contribution < 1.29 is 9.53 Å². The summed E-state index contributed by atoms with van der Waals surface area (Å²) in [7, 11) is 1.30. The van der Waals surface area contributed by atoms with E-state index in [0.29, 0.717) is 6.54 Å². The van der Waals surface area contributed by atoms with Crippen LogP contribution in [0.5, 0.6) is 0 Å². The van der Waals surface area contributed by atoms with Gasteiger partial charge in [-0.15, -0.1) is 11.7 Å². The van der Waals surface area contributed by atoms with E-state index >= 15 is 0 Å². The van der Waals surface area contributed by atoms with Gasteiger partial charge in [-0.2, -0.15) is 0 Å². The van der Waals surface area contributed by atoms with E-state index in [1.54, 1.807) is 6.08 Å². The maximum atomic E-state index is 10.9. The number of rotatable bonds is 3. The van der Waals surface area contributed by atoms with Crippen molar-refractivity contribution in [2.24, 2.45) is 0 Å². The molecular weight excluding hydrogens is 158 g/mol. The summed E-state index contributed by atoms with van der Waals surface area (Å²) in [6, 6.07) is 0. The summed E-state index contributed by atoms with van der Waals surface area (Å²) < 4.78 is 5.95. The molecule has 1 heterocycles. The molecule has 1 rings (SSSR count). The van der Waals surface area contributed by atoms with Gasteiger partial charge in [-0.1, -0.05) is 11.3 Å². The molecule has 0 spiro atoms. The molecule has 64 valence electrons. The largest absolute Gasteiger partial charge is 0.464 e. The summed E-state index contributed by atoms with van der Waals surface area (Å²) >= 11 is 0. The number of hydrogen-bond donors (Lipinski definition) is 0. The highest BCUT2D eigenvalue weighted by Gasteiger charge is 2.09. The maximum Gasteiger partial charge on any atom is 0.360 e. The second-order valence-electron chi connectivity index (χ2n) is 2.11. The standard InChI is InChI=1S/C7H9N3O2/c1-3-4-10-5-6(8-9-10)7(11)12-2/h3,5H,1,4H2,2H3. The van der Waals surface area contributed by atoms with E-state index in [1.807, 2.05) is 0 Å². The van der Waals surface area contributed by atoms with Gasteiger partial charge < -0.3 is 4.74 Å². The quantitative estimate of drug-likeness (QED) is 0.478. The third-order valence-electron chi connectivity index (χ3n) is 1.25. The molecule has 0 fully saturated rings. The van der Waals surface area contributed by atoms with E-state index in [4.69, 9.17) is 0 Å². The first-order chi connectivity index (χ1) is 5.77. The van der Waals surface area contributed by atoms with Crippen LogP contribution >= 0.6 is 0 Å². The minimum absolute atomic E-state index is 0.208. The van der Waals surface area contributed by atoms with Crippen molar-refractivity contribution in [3.05, 3.63) is 24.5 Å². The molecule has 0 aliphatic rings. The van der Waals surface area contributed by atoms with E-state index in [0.717, 1.165) is 0 Å². The highest BCUT2D eigenvalue weighted by Crippen LogP contribution is 1.94. The number of esters is 1. The summed E-state index contributed by atoms with van der Waals surface area (Å²) in [5.41, 5.74) is 0.208. The Balaban J connectivity index is 2.76. The van der Waals surface area contributed by atoms with Crippen LogP contribution in [-0.4, -0.2) is 28.1 Å². The lowest BCUT2D eigenvalue weighted by atomic mass is 10.5. The first kappa shape index (κ1) is 8.45. The van der Waals surface area contributed by atoms with Gasteiger partial charge in [0.05, 0.1) is 19.9 Å². The fraction of sp³-hybridized carbons (Fsp3) is 0.286. The van der Waals surface area contributed by atoms with Crippen LogP contribution in [0.25, 0.3) is 0 Å². The number of methoxy groups -OCH3 is 1. The Morgan fingerprint density at radius 2 is 2.67 bits per heavy atom. The van der Waals surface area contributed by atoms with Gasteiger partial charge in [-0.05, 0) is 0 Å². The number of aromatic nitrogens is 3. The van der Waals surface area contributed by atoms with E-state index in [2.05, 4.69) is 21.6 Å². The lowest BCUT2D eigenvalue weighted by Crippen LogP contribution is -2.01. The average molecular weight is 167 g/mol. The van der Waals surface area contributed by atoms with Crippen molar-refractivity contribution in [3.63, 3.8) is 0 Å². The monoisotopic (exact) mass is 167 g/mol. The highest BCUT2D eigenvalue weighted by atomic mass is 16.5. The number of ether oxygens (including phenoxy) is 1. The van der Waals surface area contributed by atoms with Crippen molar-refractivity contribution in [3.8, 4) is 0 Å². The first-order valence-electron chi connectivity index (χ1n) is 3.37. The molecule has 5 nitrogen and oxygen atoms in total. The molecule has 0 bridgehead atoms. The van der Waals surface area contributed by atoms with Crippen LogP contribution in [-0.2, 0) is 11.3 Å². The number of carbonyl (C=O) groups is 1. The molecule has 1 aromatic heterocycles. The normalized spacial score (nSPS) is 9.42. The number of hydrogen-bond acceptors (Lipinski definition) is 4. The van der Waals surface area contributed by atoms with Gasteiger partial charge in [0, 0.05) is 0 Å². The molecule has 0 saturated heterocycles. The Morgan fingerprint density at radius 1 is 1.92 bits per heavy atom. The van der Waals surface area contributed by atoms with E-state index in [9.17, 15) is 4.79 Å². The van der Waals surface area contributed by atoms with Crippen LogP contribution in [0.4, 0.5) is 0 Å². The van der Waals surface area contributed by atoms with Crippen molar-refractivity contribution in [1.29, 1.82) is 0 Å². The second kappa shape index (κ2) is 3.66. The van der Waals surface area contributed by atoms with Gasteiger partial charge in [-0.25, -0.2) is 9.48 Å². The molecular formula is C7H9N3O2. The topological polar surface area (TPSA) is 57.0 Å². The Morgan fingerprint density at radius 3 is 3.25 bits per heavy atom. The van der Waals surface area contributed by atoms with Gasteiger partial charge in [-0.3, -0.25) is 0 Å². The fourth-order valence-electron chi connectivity index (χ4n) is 0.718. The highest BCUT2D eigenvalue weighted by molar-refractivity contribution is 5.86. The fourth-order valence-corrected chi connectivity index (χ4v) is 0.718. The first-order valence-corrected chi connectivity index (χ1v) is 3.37. The van der Waals surface area contributed by atoms with Crippen molar-refractivity contribution in [1.82, 2.24) is 15.0 Å². The van der Waals surface area contributed by atoms with Crippen molar-refractivity contribution in [2.75, 3.05) is 7.11 Å². The lowest BCUT2D eigenvalue weighted by Gasteiger charge is -1.90. The van der Waals surface area contributed by atoms with Crippen LogP contribution < -0.4 is 0 Å². The second-order valence-corrected chi connectivity index (χ2v) is 2.11. The van der Waals surface area contributed by atoms with E-state index in [-0.39, 0.29) is 5.69 Å². The van der Waals surface area contributed by atoms with Gasteiger partial charge in [0.2, 0.25) is 0 Å². The Labute approximate surface area is 69.6 Å². The Kier molecular flexibility index (Phi) is 2.57. The molecule has 1 aromatic rings. The molecule has 0 aromatic carbocycles. The van der Waals surface area contributed by atoms with Gasteiger partial charge in [0.1, 0.15) is 0 Å². The van der Waals surface area contributed by atoms with Crippen LogP contribution in [0.1, 0.15) is 10.5 Å². The Hall–Kier alpha value is -1.65. The average Bonchev–Trinajstić information content (AvgIpc) is 2.52. The maximum absolute atomic E-state index is 10.9. The number of nitrogens with zero attached hydrogens (tertiary/aromatic N) is 3. The van der Waals surface area contributed by atoms with Crippen LogP contribution in [0, 0.1) is 0 Å². The molecule has 0 aliphatic heterocycles. The van der Waals surface area contributed by atoms with Gasteiger partial charge in [0.25, 0.3) is 0 Å². The molecule has 0 amide bonds. The van der Waals surface area contributed by atoms with Gasteiger partial charge in [0.15, 0.2) is 5.69 Å². The molecule has 0 atom stereocenters. The molecule has 12 heavy (non-hydrogen) atoms. The smallest absolute Gasteiger partial charge is 0.360 e. The predicted molar refractivity (Wildman–Crippen MR) is 41.6 cm³/mol. The van der Waals surface area contributed by atoms with Crippen molar-refractivity contribution in [2.45, 2.75) is 6.54 Å². The SMILES string of the molecule is C=CCn1cc(C(=O)OC)nn1. The zero-order chi connectivity index (χ0) is 8.97. The molecule has 0 N–H and O–H groups in total. The number of allylic oxidation sites excluding steroid dienone is 1. The summed E-state index contributed by atoms with van der Waals surface area (Å²) in [6.45, 7) is 4.06. The predicted octanol–water partition coefficient (Wildman–Crippen LogP) is 0.251. The minimum atomic E-state index is -0.481. The summed E-state index contributed by atoms with van der Waals surface area (Å²) in [4.78, 5) is 10.9. The lowest BCUT2D eigenvalue weighted by molar-refractivity contribution is 0.0594. The Bertz CT molecular complexity index is 293. The molecule has 0 saturated carbocycles. The zero-order valence-electron chi connectivity index (χ0n) is 6.73. The summed E-state index contributed by atoms with van der Waals surface area (Å²) in [5.74, 6) is -0.481. The van der Waals surface area contributed by atoms with E-state index < -0.39 is 5.97 Å². The zero-order valence-corrected chi connectivity index (χ0v) is 6.73. The van der Waals surface area contributed by atoms with Gasteiger partial charge >= 0.3 is 5.97 Å². The van der Waals surface area contributed by atoms with Crippen molar-refractivity contribution >= 4 is 5.97 Å². The third kappa shape index (κ3) is 1.69. The molecule has 0 radical (unpaired) electrons. The third-order valence-corrected chi connectivity index (χ3v) is 1.25. The summed E-state index contributed by atoms with van der Waals surface area (Å²) in [6.07, 6.45) is 3.17.